The molecule has 0 aromatic heterocycles. The van der Waals surface area contributed by atoms with E-state index in [4.69, 9.17) is 0 Å². The van der Waals surface area contributed by atoms with Gasteiger partial charge in [0.1, 0.15) is 11.6 Å². The molecule has 1 saturated carbocycles. The molecule has 2 nitrogen and oxygen atoms in total. The Morgan fingerprint density at radius 3 is 2.25 bits per heavy atom. The average Bonchev–Trinajstić information content (AvgIpc) is 2.16. The van der Waals surface area contributed by atoms with E-state index < -0.39 is 0 Å². The molecule has 1 rings (SSSR count). The highest BCUT2D eigenvalue weighted by atomic mass is 16.1. The van der Waals surface area contributed by atoms with E-state index in [2.05, 4.69) is 20.8 Å². The fourth-order valence-electron chi connectivity index (χ4n) is 2.60. The zero-order chi connectivity index (χ0) is 12.1. The van der Waals surface area contributed by atoms with Crippen LogP contribution in [-0.2, 0) is 9.59 Å². The molecule has 92 valence electrons. The lowest BCUT2D eigenvalue weighted by Gasteiger charge is -2.26. The van der Waals surface area contributed by atoms with E-state index in [9.17, 15) is 9.59 Å². The number of rotatable bonds is 5. The summed E-state index contributed by atoms with van der Waals surface area (Å²) in [6, 6.07) is 0. The van der Waals surface area contributed by atoms with Crippen molar-refractivity contribution in [1.82, 2.24) is 0 Å². The van der Waals surface area contributed by atoms with Gasteiger partial charge in [0, 0.05) is 25.7 Å². The van der Waals surface area contributed by atoms with E-state index >= 15 is 0 Å². The largest absolute Gasteiger partial charge is 0.300 e. The fourth-order valence-corrected chi connectivity index (χ4v) is 2.60. The summed E-state index contributed by atoms with van der Waals surface area (Å²) in [5.74, 6) is 2.30. The van der Waals surface area contributed by atoms with E-state index in [0.717, 1.165) is 25.7 Å². The predicted molar refractivity (Wildman–Crippen MR) is 65.2 cm³/mol. The number of hydrogen-bond acceptors (Lipinski definition) is 2. The fraction of sp³-hybridized carbons (Fsp3) is 0.857. The Hall–Kier alpha value is -0.660. The lowest BCUT2D eigenvalue weighted by Crippen LogP contribution is -2.22. The Labute approximate surface area is 98.8 Å². The summed E-state index contributed by atoms with van der Waals surface area (Å²) in [6.45, 7) is 6.34. The lowest BCUT2D eigenvalue weighted by atomic mass is 9.78. The zero-order valence-electron chi connectivity index (χ0n) is 10.8. The van der Waals surface area contributed by atoms with E-state index in [1.54, 1.807) is 0 Å². The first-order chi connectivity index (χ1) is 7.49. The SMILES string of the molecule is CC(C)CC(=O)CC(C)C1CCC(=O)CC1. The average molecular weight is 224 g/mol. The van der Waals surface area contributed by atoms with Crippen molar-refractivity contribution < 1.29 is 9.59 Å². The second-order valence-electron chi connectivity index (χ2n) is 5.69. The highest BCUT2D eigenvalue weighted by Crippen LogP contribution is 2.30. The van der Waals surface area contributed by atoms with Crippen LogP contribution in [0, 0.1) is 17.8 Å². The van der Waals surface area contributed by atoms with Crippen molar-refractivity contribution in [2.75, 3.05) is 0 Å². The maximum absolute atomic E-state index is 11.7. The van der Waals surface area contributed by atoms with Gasteiger partial charge in [0.15, 0.2) is 0 Å². The van der Waals surface area contributed by atoms with E-state index in [-0.39, 0.29) is 0 Å². The molecule has 16 heavy (non-hydrogen) atoms. The summed E-state index contributed by atoms with van der Waals surface area (Å²) in [7, 11) is 0. The number of hydrogen-bond donors (Lipinski definition) is 0. The molecule has 1 aliphatic carbocycles. The third kappa shape index (κ3) is 4.46. The van der Waals surface area contributed by atoms with Crippen molar-refractivity contribution in [3.8, 4) is 0 Å². The summed E-state index contributed by atoms with van der Waals surface area (Å²) < 4.78 is 0. The van der Waals surface area contributed by atoms with Crippen molar-refractivity contribution in [3.63, 3.8) is 0 Å². The molecule has 0 aliphatic heterocycles. The van der Waals surface area contributed by atoms with Crippen LogP contribution in [0.15, 0.2) is 0 Å². The number of ketones is 2. The maximum atomic E-state index is 11.7. The van der Waals surface area contributed by atoms with Crippen molar-refractivity contribution >= 4 is 11.6 Å². The normalized spacial score (nSPS) is 20.1. The van der Waals surface area contributed by atoms with Gasteiger partial charge < -0.3 is 0 Å². The first-order valence-corrected chi connectivity index (χ1v) is 6.52. The molecule has 1 fully saturated rings. The van der Waals surface area contributed by atoms with Crippen molar-refractivity contribution in [2.45, 2.75) is 59.3 Å². The van der Waals surface area contributed by atoms with Crippen LogP contribution < -0.4 is 0 Å². The molecule has 0 heterocycles. The summed E-state index contributed by atoms with van der Waals surface area (Å²) in [5, 5.41) is 0. The second-order valence-corrected chi connectivity index (χ2v) is 5.69. The minimum Gasteiger partial charge on any atom is -0.300 e. The van der Waals surface area contributed by atoms with Gasteiger partial charge in [-0.15, -0.1) is 0 Å². The third-order valence-corrected chi connectivity index (χ3v) is 3.58. The van der Waals surface area contributed by atoms with Crippen LogP contribution in [0.2, 0.25) is 0 Å². The van der Waals surface area contributed by atoms with E-state index in [1.807, 2.05) is 0 Å². The van der Waals surface area contributed by atoms with Crippen LogP contribution in [0.5, 0.6) is 0 Å². The molecular weight excluding hydrogens is 200 g/mol. The Balaban J connectivity index is 2.31. The van der Waals surface area contributed by atoms with Gasteiger partial charge in [0.25, 0.3) is 0 Å². The van der Waals surface area contributed by atoms with Gasteiger partial charge in [-0.25, -0.2) is 0 Å². The van der Waals surface area contributed by atoms with Gasteiger partial charge in [-0.2, -0.15) is 0 Å². The topological polar surface area (TPSA) is 34.1 Å². The minimum atomic E-state index is 0.388. The Morgan fingerprint density at radius 1 is 1.19 bits per heavy atom. The monoisotopic (exact) mass is 224 g/mol. The first-order valence-electron chi connectivity index (χ1n) is 6.52. The molecule has 0 saturated heterocycles. The molecule has 0 N–H and O–H groups in total. The predicted octanol–water partition coefficient (Wildman–Crippen LogP) is 3.39. The van der Waals surface area contributed by atoms with Crippen LogP contribution in [0.4, 0.5) is 0 Å². The molecule has 2 heteroatoms. The Kier molecular flexibility index (Phi) is 5.17. The molecule has 0 aromatic rings. The molecule has 0 bridgehead atoms. The highest BCUT2D eigenvalue weighted by molar-refractivity contribution is 5.80. The zero-order valence-corrected chi connectivity index (χ0v) is 10.8. The quantitative estimate of drug-likeness (QED) is 0.717. The Bertz CT molecular complexity index is 245. The molecule has 1 atom stereocenters. The van der Waals surface area contributed by atoms with E-state index in [1.165, 1.54) is 0 Å². The summed E-state index contributed by atoms with van der Waals surface area (Å²) in [4.78, 5) is 22.8. The third-order valence-electron chi connectivity index (χ3n) is 3.58. The van der Waals surface area contributed by atoms with Gasteiger partial charge in [0.2, 0.25) is 0 Å². The maximum Gasteiger partial charge on any atom is 0.133 e. The van der Waals surface area contributed by atoms with Crippen molar-refractivity contribution in [3.05, 3.63) is 0 Å². The van der Waals surface area contributed by atoms with Crippen LogP contribution in [0.25, 0.3) is 0 Å². The van der Waals surface area contributed by atoms with Gasteiger partial charge in [-0.05, 0) is 30.6 Å². The number of carbonyl (C=O) groups excluding carboxylic acids is 2. The smallest absolute Gasteiger partial charge is 0.133 e. The first kappa shape index (κ1) is 13.4. The minimum absolute atomic E-state index is 0.388. The lowest BCUT2D eigenvalue weighted by molar-refractivity contribution is -0.122. The van der Waals surface area contributed by atoms with E-state index in [0.29, 0.717) is 42.2 Å². The van der Waals surface area contributed by atoms with Crippen LogP contribution >= 0.6 is 0 Å². The Morgan fingerprint density at radius 2 is 1.75 bits per heavy atom. The number of Topliss-reactive ketones (excluding diaryl/α,β-unsaturated/α-hetero) is 2. The molecule has 0 spiro atoms. The van der Waals surface area contributed by atoms with Gasteiger partial charge in [0.05, 0.1) is 0 Å². The van der Waals surface area contributed by atoms with Crippen LogP contribution in [-0.4, -0.2) is 11.6 Å². The molecular formula is C14H24O2. The van der Waals surface area contributed by atoms with Crippen LogP contribution in [0.3, 0.4) is 0 Å². The summed E-state index contributed by atoms with van der Waals surface area (Å²) in [5.41, 5.74) is 0. The molecule has 1 aliphatic rings. The molecule has 0 aromatic carbocycles. The van der Waals surface area contributed by atoms with Gasteiger partial charge >= 0.3 is 0 Å². The standard InChI is InChI=1S/C14H24O2/c1-10(2)8-14(16)9-11(3)12-4-6-13(15)7-5-12/h10-12H,4-9H2,1-3H3. The van der Waals surface area contributed by atoms with Crippen LogP contribution in [0.1, 0.15) is 59.3 Å². The number of carbonyl (C=O) groups is 2. The van der Waals surface area contributed by atoms with Crippen molar-refractivity contribution in [2.24, 2.45) is 17.8 Å². The summed E-state index contributed by atoms with van der Waals surface area (Å²) in [6.07, 6.45) is 4.86. The van der Waals surface area contributed by atoms with Gasteiger partial charge in [-0.1, -0.05) is 20.8 Å². The summed E-state index contributed by atoms with van der Waals surface area (Å²) >= 11 is 0. The highest BCUT2D eigenvalue weighted by Gasteiger charge is 2.25. The molecule has 0 radical (unpaired) electrons. The molecule has 0 amide bonds. The second kappa shape index (κ2) is 6.17. The van der Waals surface area contributed by atoms with Crippen molar-refractivity contribution in [1.29, 1.82) is 0 Å². The molecule has 1 unspecified atom stereocenters. The van der Waals surface area contributed by atoms with Gasteiger partial charge in [-0.3, -0.25) is 9.59 Å².